The number of fused-ring (bicyclic) bond motifs is 1. The highest BCUT2D eigenvalue weighted by molar-refractivity contribution is 5.80. The third-order valence-electron chi connectivity index (χ3n) is 2.08. The van der Waals surface area contributed by atoms with Crippen molar-refractivity contribution in [2.24, 2.45) is 5.73 Å². The zero-order valence-corrected chi connectivity index (χ0v) is 7.53. The molecular weight excluding hydrogens is 180 g/mol. The fourth-order valence-corrected chi connectivity index (χ4v) is 1.48. The van der Waals surface area contributed by atoms with Crippen molar-refractivity contribution < 1.29 is 0 Å². The third-order valence-corrected chi connectivity index (χ3v) is 2.08. The summed E-state index contributed by atoms with van der Waals surface area (Å²) in [7, 11) is 0. The van der Waals surface area contributed by atoms with Crippen molar-refractivity contribution in [2.45, 2.75) is 6.42 Å². The highest BCUT2D eigenvalue weighted by Gasteiger charge is 2.04. The highest BCUT2D eigenvalue weighted by atomic mass is 16.1. The molecule has 2 aromatic rings. The molecule has 1 aromatic carbocycles. The molecule has 0 saturated carbocycles. The van der Waals surface area contributed by atoms with Crippen molar-refractivity contribution in [3.05, 3.63) is 34.1 Å². The molecule has 1 aromatic heterocycles. The monoisotopic (exact) mass is 190 g/mol. The standard InChI is InChI=1S/C9H10N4O/c10-5-4-6-2-1-3-7-8(6)9(14)12-13-11-7/h1-3H,4-5,10H2,(H,11,12,14). The molecule has 0 radical (unpaired) electrons. The number of aromatic amines is 1. The predicted molar refractivity (Wildman–Crippen MR) is 52.9 cm³/mol. The number of hydrogen-bond donors (Lipinski definition) is 2. The molecule has 0 unspecified atom stereocenters. The van der Waals surface area contributed by atoms with Gasteiger partial charge in [-0.05, 0) is 24.6 Å². The minimum absolute atomic E-state index is 0.209. The van der Waals surface area contributed by atoms with E-state index >= 15 is 0 Å². The topological polar surface area (TPSA) is 84.7 Å². The summed E-state index contributed by atoms with van der Waals surface area (Å²) in [4.78, 5) is 11.5. The number of nitrogens with one attached hydrogen (secondary N) is 1. The second-order valence-corrected chi connectivity index (χ2v) is 2.99. The van der Waals surface area contributed by atoms with E-state index in [1.807, 2.05) is 12.1 Å². The lowest BCUT2D eigenvalue weighted by Gasteiger charge is -2.01. The summed E-state index contributed by atoms with van der Waals surface area (Å²) in [5.41, 5.74) is 6.77. The van der Waals surface area contributed by atoms with Gasteiger partial charge in [-0.15, -0.1) is 5.10 Å². The summed E-state index contributed by atoms with van der Waals surface area (Å²) >= 11 is 0. The molecule has 3 N–H and O–H groups in total. The Bertz CT molecular complexity index is 500. The summed E-state index contributed by atoms with van der Waals surface area (Å²) in [6, 6.07) is 5.49. The van der Waals surface area contributed by atoms with Gasteiger partial charge in [-0.3, -0.25) is 4.79 Å². The summed E-state index contributed by atoms with van der Waals surface area (Å²) in [5.74, 6) is 0. The molecule has 0 aliphatic carbocycles. The van der Waals surface area contributed by atoms with Crippen molar-refractivity contribution in [1.29, 1.82) is 0 Å². The molecule has 5 nitrogen and oxygen atoms in total. The fourth-order valence-electron chi connectivity index (χ4n) is 1.48. The molecule has 0 aliphatic rings. The highest BCUT2D eigenvalue weighted by Crippen LogP contribution is 2.11. The van der Waals surface area contributed by atoms with Gasteiger partial charge in [-0.1, -0.05) is 17.3 Å². The maximum Gasteiger partial charge on any atom is 0.275 e. The Labute approximate surface area is 79.9 Å². The van der Waals surface area contributed by atoms with Crippen molar-refractivity contribution in [3.8, 4) is 0 Å². The lowest BCUT2D eigenvalue weighted by molar-refractivity contribution is 0.867. The van der Waals surface area contributed by atoms with Gasteiger partial charge in [-0.2, -0.15) is 0 Å². The Morgan fingerprint density at radius 3 is 3.07 bits per heavy atom. The molecule has 0 aliphatic heterocycles. The van der Waals surface area contributed by atoms with Gasteiger partial charge in [0.15, 0.2) is 0 Å². The van der Waals surface area contributed by atoms with Crippen molar-refractivity contribution in [2.75, 3.05) is 6.54 Å². The first-order chi connectivity index (χ1) is 6.83. The number of benzene rings is 1. The van der Waals surface area contributed by atoms with E-state index in [0.717, 1.165) is 5.56 Å². The quantitative estimate of drug-likeness (QED) is 0.688. The molecule has 0 spiro atoms. The zero-order chi connectivity index (χ0) is 9.97. The van der Waals surface area contributed by atoms with Crippen molar-refractivity contribution in [3.63, 3.8) is 0 Å². The predicted octanol–water partition coefficient (Wildman–Crippen LogP) is -0.181. The number of rotatable bonds is 2. The van der Waals surface area contributed by atoms with Gasteiger partial charge in [-0.25, -0.2) is 5.10 Å². The van der Waals surface area contributed by atoms with Crippen LogP contribution in [-0.2, 0) is 6.42 Å². The molecule has 5 heteroatoms. The van der Waals surface area contributed by atoms with Crippen LogP contribution in [0.25, 0.3) is 10.9 Å². The molecule has 0 amide bonds. The number of hydrogen-bond acceptors (Lipinski definition) is 4. The SMILES string of the molecule is NCCc1cccc2nn[nH]c(=O)c12. The summed E-state index contributed by atoms with van der Waals surface area (Å²) in [6.45, 7) is 0.515. The molecule has 0 fully saturated rings. The molecule has 72 valence electrons. The summed E-state index contributed by atoms with van der Waals surface area (Å²) in [6.07, 6.45) is 0.673. The first-order valence-corrected chi connectivity index (χ1v) is 4.36. The van der Waals surface area contributed by atoms with E-state index in [1.165, 1.54) is 0 Å². The van der Waals surface area contributed by atoms with E-state index in [1.54, 1.807) is 6.07 Å². The van der Waals surface area contributed by atoms with E-state index in [2.05, 4.69) is 15.4 Å². The fraction of sp³-hybridized carbons (Fsp3) is 0.222. The maximum absolute atomic E-state index is 11.5. The number of nitrogens with zero attached hydrogens (tertiary/aromatic N) is 2. The molecule has 0 bridgehead atoms. The number of nitrogens with two attached hydrogens (primary N) is 1. The first-order valence-electron chi connectivity index (χ1n) is 4.36. The largest absolute Gasteiger partial charge is 0.330 e. The van der Waals surface area contributed by atoms with Crippen molar-refractivity contribution >= 4 is 10.9 Å². The minimum atomic E-state index is -0.209. The van der Waals surface area contributed by atoms with Gasteiger partial charge in [0, 0.05) is 0 Å². The summed E-state index contributed by atoms with van der Waals surface area (Å²) < 4.78 is 0. The van der Waals surface area contributed by atoms with Gasteiger partial charge in [0.25, 0.3) is 5.56 Å². The second kappa shape index (κ2) is 3.55. The average molecular weight is 190 g/mol. The normalized spacial score (nSPS) is 10.6. The molecule has 2 rings (SSSR count). The van der Waals surface area contributed by atoms with Crippen LogP contribution in [-0.4, -0.2) is 22.0 Å². The van der Waals surface area contributed by atoms with Gasteiger partial charge >= 0.3 is 0 Å². The van der Waals surface area contributed by atoms with Gasteiger partial charge in [0.1, 0.15) is 5.52 Å². The lowest BCUT2D eigenvalue weighted by Crippen LogP contribution is -2.13. The molecule has 0 saturated heterocycles. The number of aromatic nitrogens is 3. The number of H-pyrrole nitrogens is 1. The van der Waals surface area contributed by atoms with Crippen LogP contribution >= 0.6 is 0 Å². The average Bonchev–Trinajstić information content (AvgIpc) is 2.19. The van der Waals surface area contributed by atoms with Crippen LogP contribution < -0.4 is 11.3 Å². The molecule has 1 heterocycles. The first kappa shape index (κ1) is 8.83. The van der Waals surface area contributed by atoms with Crippen LogP contribution in [0, 0.1) is 0 Å². The van der Waals surface area contributed by atoms with Crippen LogP contribution in [0.4, 0.5) is 0 Å². The zero-order valence-electron chi connectivity index (χ0n) is 7.53. The van der Waals surface area contributed by atoms with Gasteiger partial charge < -0.3 is 5.73 Å². The minimum Gasteiger partial charge on any atom is -0.330 e. The molecular formula is C9H10N4O. The smallest absolute Gasteiger partial charge is 0.275 e. The van der Waals surface area contributed by atoms with E-state index < -0.39 is 0 Å². The Morgan fingerprint density at radius 2 is 2.29 bits per heavy atom. The van der Waals surface area contributed by atoms with E-state index in [9.17, 15) is 4.79 Å². The third kappa shape index (κ3) is 1.38. The van der Waals surface area contributed by atoms with Crippen molar-refractivity contribution in [1.82, 2.24) is 15.4 Å². The summed E-state index contributed by atoms with van der Waals surface area (Å²) in [5, 5.41) is 10.2. The van der Waals surface area contributed by atoms with E-state index in [-0.39, 0.29) is 5.56 Å². The maximum atomic E-state index is 11.5. The van der Waals surface area contributed by atoms with Crippen LogP contribution in [0.15, 0.2) is 23.0 Å². The molecule has 0 atom stereocenters. The van der Waals surface area contributed by atoms with Crippen LogP contribution in [0.3, 0.4) is 0 Å². The molecule has 14 heavy (non-hydrogen) atoms. The Morgan fingerprint density at radius 1 is 1.43 bits per heavy atom. The Hall–Kier alpha value is -1.75. The van der Waals surface area contributed by atoms with Crippen LogP contribution in [0.5, 0.6) is 0 Å². The van der Waals surface area contributed by atoms with Crippen LogP contribution in [0.1, 0.15) is 5.56 Å². The Balaban J connectivity index is 2.77. The van der Waals surface area contributed by atoms with Gasteiger partial charge in [0.2, 0.25) is 0 Å². The second-order valence-electron chi connectivity index (χ2n) is 2.99. The lowest BCUT2D eigenvalue weighted by atomic mass is 10.1. The van der Waals surface area contributed by atoms with E-state index in [0.29, 0.717) is 23.9 Å². The Kier molecular flexibility index (Phi) is 2.24. The van der Waals surface area contributed by atoms with Crippen LogP contribution in [0.2, 0.25) is 0 Å². The van der Waals surface area contributed by atoms with Gasteiger partial charge in [0.05, 0.1) is 5.39 Å². The van der Waals surface area contributed by atoms with E-state index in [4.69, 9.17) is 5.73 Å².